The van der Waals surface area contributed by atoms with Crippen molar-refractivity contribution in [1.82, 2.24) is 0 Å². The zero-order chi connectivity index (χ0) is 13.1. The SMILES string of the molecule is Cc1ccc(Cl)c(Oc2cc(Br)cc(C#N)c2)c1. The van der Waals surface area contributed by atoms with E-state index < -0.39 is 0 Å². The Kier molecular flexibility index (Phi) is 3.90. The summed E-state index contributed by atoms with van der Waals surface area (Å²) >= 11 is 9.39. The summed E-state index contributed by atoms with van der Waals surface area (Å²) in [5.74, 6) is 1.16. The summed E-state index contributed by atoms with van der Waals surface area (Å²) in [5.41, 5.74) is 1.59. The topological polar surface area (TPSA) is 33.0 Å². The maximum atomic E-state index is 8.90. The number of nitriles is 1. The van der Waals surface area contributed by atoms with Crippen molar-refractivity contribution >= 4 is 27.5 Å². The third-order valence-electron chi connectivity index (χ3n) is 2.31. The molecule has 0 aliphatic carbocycles. The van der Waals surface area contributed by atoms with Gasteiger partial charge in [-0.1, -0.05) is 33.6 Å². The van der Waals surface area contributed by atoms with Gasteiger partial charge in [0.05, 0.1) is 16.7 Å². The van der Waals surface area contributed by atoms with E-state index in [-0.39, 0.29) is 0 Å². The number of hydrogen-bond donors (Lipinski definition) is 0. The Morgan fingerprint density at radius 3 is 2.72 bits per heavy atom. The molecule has 0 aliphatic rings. The Labute approximate surface area is 119 Å². The van der Waals surface area contributed by atoms with Crippen LogP contribution in [0.4, 0.5) is 0 Å². The molecule has 0 atom stereocenters. The second-order valence-corrected chi connectivity index (χ2v) is 5.15. The molecule has 2 rings (SSSR count). The third kappa shape index (κ3) is 3.04. The van der Waals surface area contributed by atoms with Gasteiger partial charge in [-0.3, -0.25) is 0 Å². The average Bonchev–Trinajstić information content (AvgIpc) is 2.33. The van der Waals surface area contributed by atoms with E-state index in [1.807, 2.05) is 19.1 Å². The van der Waals surface area contributed by atoms with E-state index in [1.165, 1.54) is 0 Å². The monoisotopic (exact) mass is 321 g/mol. The lowest BCUT2D eigenvalue weighted by Crippen LogP contribution is -1.87. The minimum atomic E-state index is 0.531. The summed E-state index contributed by atoms with van der Waals surface area (Å²) in [6.45, 7) is 1.96. The summed E-state index contributed by atoms with van der Waals surface area (Å²) < 4.78 is 6.49. The molecule has 0 aliphatic heterocycles. The van der Waals surface area contributed by atoms with Crippen LogP contribution in [0.25, 0.3) is 0 Å². The van der Waals surface area contributed by atoms with Crippen molar-refractivity contribution in [3.05, 3.63) is 57.0 Å². The molecule has 0 fully saturated rings. The first-order valence-electron chi connectivity index (χ1n) is 5.23. The van der Waals surface area contributed by atoms with Gasteiger partial charge in [-0.05, 0) is 42.8 Å². The molecule has 90 valence electrons. The number of ether oxygens (including phenoxy) is 1. The highest BCUT2D eigenvalue weighted by atomic mass is 79.9. The molecule has 0 spiro atoms. The summed E-state index contributed by atoms with van der Waals surface area (Å²) in [5, 5.41) is 9.44. The summed E-state index contributed by atoms with van der Waals surface area (Å²) in [6.07, 6.45) is 0. The van der Waals surface area contributed by atoms with Gasteiger partial charge in [0, 0.05) is 4.47 Å². The fourth-order valence-electron chi connectivity index (χ4n) is 1.50. The second kappa shape index (κ2) is 5.43. The van der Waals surface area contributed by atoms with Gasteiger partial charge in [-0.2, -0.15) is 5.26 Å². The van der Waals surface area contributed by atoms with Gasteiger partial charge in [0.2, 0.25) is 0 Å². The highest BCUT2D eigenvalue weighted by molar-refractivity contribution is 9.10. The third-order valence-corrected chi connectivity index (χ3v) is 3.08. The van der Waals surface area contributed by atoms with Gasteiger partial charge in [-0.25, -0.2) is 0 Å². The van der Waals surface area contributed by atoms with Gasteiger partial charge in [0.25, 0.3) is 0 Å². The van der Waals surface area contributed by atoms with Crippen LogP contribution in [0, 0.1) is 18.3 Å². The number of hydrogen-bond acceptors (Lipinski definition) is 2. The Balaban J connectivity index is 2.37. The van der Waals surface area contributed by atoms with Crippen LogP contribution < -0.4 is 4.74 Å². The van der Waals surface area contributed by atoms with Crippen LogP contribution in [0.3, 0.4) is 0 Å². The standard InChI is InChI=1S/C14H9BrClNO/c1-9-2-3-13(16)14(4-9)18-12-6-10(8-17)5-11(15)7-12/h2-7H,1H3. The number of rotatable bonds is 2. The van der Waals surface area contributed by atoms with Crippen molar-refractivity contribution in [2.45, 2.75) is 6.92 Å². The van der Waals surface area contributed by atoms with Gasteiger partial charge in [0.1, 0.15) is 11.5 Å². The normalized spacial score (nSPS) is 9.89. The molecule has 2 aromatic rings. The number of benzene rings is 2. The Bertz CT molecular complexity index is 634. The molecular formula is C14H9BrClNO. The first kappa shape index (κ1) is 12.9. The highest BCUT2D eigenvalue weighted by Gasteiger charge is 2.05. The number of halogens is 2. The zero-order valence-electron chi connectivity index (χ0n) is 9.58. The van der Waals surface area contributed by atoms with E-state index in [1.54, 1.807) is 24.3 Å². The number of nitrogens with zero attached hydrogens (tertiary/aromatic N) is 1. The molecule has 0 unspecified atom stereocenters. The fraction of sp³-hybridized carbons (Fsp3) is 0.0714. The van der Waals surface area contributed by atoms with Gasteiger partial charge < -0.3 is 4.74 Å². The first-order valence-corrected chi connectivity index (χ1v) is 6.40. The molecule has 4 heteroatoms. The molecule has 2 nitrogen and oxygen atoms in total. The Morgan fingerprint density at radius 1 is 1.22 bits per heavy atom. The average molecular weight is 323 g/mol. The lowest BCUT2D eigenvalue weighted by Gasteiger charge is -2.09. The maximum absolute atomic E-state index is 8.90. The molecule has 2 aromatic carbocycles. The van der Waals surface area contributed by atoms with Crippen LogP contribution in [0.5, 0.6) is 11.5 Å². The van der Waals surface area contributed by atoms with Crippen molar-refractivity contribution in [1.29, 1.82) is 5.26 Å². The minimum Gasteiger partial charge on any atom is -0.456 e. The molecule has 18 heavy (non-hydrogen) atoms. The van der Waals surface area contributed by atoms with E-state index in [0.29, 0.717) is 22.1 Å². The smallest absolute Gasteiger partial charge is 0.146 e. The summed E-state index contributed by atoms with van der Waals surface area (Å²) in [7, 11) is 0. The Hall–Kier alpha value is -1.50. The van der Waals surface area contributed by atoms with Crippen molar-refractivity contribution < 1.29 is 4.74 Å². The van der Waals surface area contributed by atoms with Crippen LogP contribution in [0.15, 0.2) is 40.9 Å². The quantitative estimate of drug-likeness (QED) is 0.773. The molecule has 0 aromatic heterocycles. The molecule has 0 bridgehead atoms. The molecule has 0 saturated carbocycles. The lowest BCUT2D eigenvalue weighted by molar-refractivity contribution is 0.482. The van der Waals surface area contributed by atoms with Crippen molar-refractivity contribution in [2.24, 2.45) is 0 Å². The van der Waals surface area contributed by atoms with E-state index in [0.717, 1.165) is 10.0 Å². The van der Waals surface area contributed by atoms with E-state index in [9.17, 15) is 0 Å². The second-order valence-electron chi connectivity index (χ2n) is 3.82. The summed E-state index contributed by atoms with van der Waals surface area (Å²) in [6, 6.07) is 12.8. The van der Waals surface area contributed by atoms with Crippen LogP contribution in [-0.4, -0.2) is 0 Å². The molecule has 0 heterocycles. The minimum absolute atomic E-state index is 0.531. The van der Waals surface area contributed by atoms with E-state index >= 15 is 0 Å². The predicted octanol–water partition coefficient (Wildman–Crippen LogP) is 5.07. The molecular weight excluding hydrogens is 314 g/mol. The van der Waals surface area contributed by atoms with Crippen molar-refractivity contribution in [2.75, 3.05) is 0 Å². The van der Waals surface area contributed by atoms with Gasteiger partial charge >= 0.3 is 0 Å². The van der Waals surface area contributed by atoms with Crippen molar-refractivity contribution in [3.63, 3.8) is 0 Å². The maximum Gasteiger partial charge on any atom is 0.146 e. The molecule has 0 saturated heterocycles. The zero-order valence-corrected chi connectivity index (χ0v) is 11.9. The van der Waals surface area contributed by atoms with Crippen LogP contribution in [-0.2, 0) is 0 Å². The largest absolute Gasteiger partial charge is 0.456 e. The summed E-state index contributed by atoms with van der Waals surface area (Å²) in [4.78, 5) is 0. The molecule has 0 amide bonds. The Morgan fingerprint density at radius 2 is 2.00 bits per heavy atom. The fourth-order valence-corrected chi connectivity index (χ4v) is 2.13. The molecule has 0 N–H and O–H groups in total. The van der Waals surface area contributed by atoms with Crippen LogP contribution >= 0.6 is 27.5 Å². The van der Waals surface area contributed by atoms with Gasteiger partial charge in [-0.15, -0.1) is 0 Å². The lowest BCUT2D eigenvalue weighted by atomic mass is 10.2. The van der Waals surface area contributed by atoms with E-state index in [2.05, 4.69) is 22.0 Å². The van der Waals surface area contributed by atoms with Crippen LogP contribution in [0.2, 0.25) is 5.02 Å². The number of aryl methyl sites for hydroxylation is 1. The van der Waals surface area contributed by atoms with E-state index in [4.69, 9.17) is 21.6 Å². The van der Waals surface area contributed by atoms with Crippen molar-refractivity contribution in [3.8, 4) is 17.6 Å². The first-order chi connectivity index (χ1) is 8.58. The van der Waals surface area contributed by atoms with Gasteiger partial charge in [0.15, 0.2) is 0 Å². The molecule has 0 radical (unpaired) electrons. The predicted molar refractivity (Wildman–Crippen MR) is 75.1 cm³/mol. The van der Waals surface area contributed by atoms with Crippen LogP contribution in [0.1, 0.15) is 11.1 Å². The highest BCUT2D eigenvalue weighted by Crippen LogP contribution is 2.31.